The Labute approximate surface area is 127 Å². The lowest BCUT2D eigenvalue weighted by atomic mass is 9.93. The number of hydrogen-bond acceptors (Lipinski definition) is 7. The highest BCUT2D eigenvalue weighted by molar-refractivity contribution is 7.93. The van der Waals surface area contributed by atoms with Crippen molar-refractivity contribution in [2.75, 3.05) is 10.1 Å². The molecular weight excluding hydrogens is 310 g/mol. The largest absolute Gasteiger partial charge is 0.323 e. The molecule has 0 aliphatic heterocycles. The fourth-order valence-corrected chi connectivity index (χ4v) is 3.85. The van der Waals surface area contributed by atoms with E-state index < -0.39 is 10.0 Å². The molecule has 0 saturated heterocycles. The average Bonchev–Trinajstić information content (AvgIpc) is 2.86. The maximum absolute atomic E-state index is 12.4. The summed E-state index contributed by atoms with van der Waals surface area (Å²) in [4.78, 5) is 8.09. The smallest absolute Gasteiger partial charge is 0.267 e. The molecule has 0 aromatic carbocycles. The molecule has 7 nitrogen and oxygen atoms in total. The van der Waals surface area contributed by atoms with Gasteiger partial charge >= 0.3 is 0 Å². The third-order valence-electron chi connectivity index (χ3n) is 2.72. The van der Waals surface area contributed by atoms with E-state index in [1.807, 2.05) is 26.2 Å². The Bertz CT molecular complexity index is 734. The van der Waals surface area contributed by atoms with Gasteiger partial charge in [0.1, 0.15) is 4.90 Å². The van der Waals surface area contributed by atoms with Crippen molar-refractivity contribution < 1.29 is 8.42 Å². The van der Waals surface area contributed by atoms with Crippen LogP contribution < -0.4 is 16.0 Å². The van der Waals surface area contributed by atoms with E-state index in [4.69, 9.17) is 5.84 Å². The first-order valence-electron chi connectivity index (χ1n) is 6.13. The van der Waals surface area contributed by atoms with Crippen LogP contribution in [0.1, 0.15) is 26.5 Å². The minimum Gasteiger partial charge on any atom is -0.323 e. The maximum Gasteiger partial charge on any atom is 0.267 e. The average molecular weight is 327 g/mol. The Morgan fingerprint density at radius 1 is 1.33 bits per heavy atom. The number of pyridine rings is 1. The Morgan fingerprint density at radius 3 is 2.62 bits per heavy atom. The first kappa shape index (κ1) is 15.7. The van der Waals surface area contributed by atoms with Crippen molar-refractivity contribution in [2.24, 2.45) is 5.84 Å². The van der Waals surface area contributed by atoms with E-state index in [0.717, 1.165) is 5.69 Å². The fraction of sp³-hybridized carbons (Fsp3) is 0.333. The van der Waals surface area contributed by atoms with Crippen molar-refractivity contribution in [3.63, 3.8) is 0 Å². The van der Waals surface area contributed by atoms with E-state index in [9.17, 15) is 8.42 Å². The lowest BCUT2D eigenvalue weighted by Gasteiger charge is -2.14. The highest BCUT2D eigenvalue weighted by atomic mass is 32.2. The molecule has 9 heteroatoms. The van der Waals surface area contributed by atoms with Crippen molar-refractivity contribution in [3.8, 4) is 0 Å². The summed E-state index contributed by atoms with van der Waals surface area (Å²) in [5.41, 5.74) is 3.30. The van der Waals surface area contributed by atoms with Crippen molar-refractivity contribution in [2.45, 2.75) is 31.1 Å². The molecular formula is C12H17N5O2S2. The predicted molar refractivity (Wildman–Crippen MR) is 83.7 cm³/mol. The zero-order valence-electron chi connectivity index (χ0n) is 11.9. The number of rotatable bonds is 4. The number of nitrogens with zero attached hydrogens (tertiary/aromatic N) is 2. The number of nitrogens with one attached hydrogen (secondary N) is 2. The van der Waals surface area contributed by atoms with Gasteiger partial charge in [-0.3, -0.25) is 15.5 Å². The molecule has 0 aliphatic carbocycles. The van der Waals surface area contributed by atoms with Gasteiger partial charge in [-0.1, -0.05) is 20.8 Å². The van der Waals surface area contributed by atoms with Crippen LogP contribution in [0.25, 0.3) is 0 Å². The van der Waals surface area contributed by atoms with E-state index in [0.29, 0.717) is 5.13 Å². The Morgan fingerprint density at radius 2 is 2.05 bits per heavy atom. The molecule has 0 atom stereocenters. The summed E-state index contributed by atoms with van der Waals surface area (Å²) in [6.07, 6.45) is 2.69. The normalized spacial score (nSPS) is 12.2. The number of aromatic nitrogens is 2. The molecule has 0 bridgehead atoms. The molecule has 114 valence electrons. The Balaban J connectivity index is 2.32. The van der Waals surface area contributed by atoms with E-state index >= 15 is 0 Å². The monoisotopic (exact) mass is 327 g/mol. The molecule has 0 amide bonds. The number of hydrazine groups is 1. The van der Waals surface area contributed by atoms with Crippen LogP contribution in [-0.4, -0.2) is 18.4 Å². The number of sulfonamides is 1. The lowest BCUT2D eigenvalue weighted by Crippen LogP contribution is -2.18. The summed E-state index contributed by atoms with van der Waals surface area (Å²) >= 11 is 1.24. The highest BCUT2D eigenvalue weighted by Gasteiger charge is 2.22. The minimum absolute atomic E-state index is 0.0278. The number of nitrogens with two attached hydrogens (primary N) is 1. The second-order valence-corrected chi connectivity index (χ2v) is 7.92. The van der Waals surface area contributed by atoms with Gasteiger partial charge in [-0.05, 0) is 6.07 Å². The Kier molecular flexibility index (Phi) is 4.17. The summed E-state index contributed by atoms with van der Waals surface area (Å²) in [5, 5.41) is 2.15. The van der Waals surface area contributed by atoms with Crippen molar-refractivity contribution in [1.82, 2.24) is 9.97 Å². The molecule has 2 aromatic heterocycles. The topological polar surface area (TPSA) is 110 Å². The summed E-state index contributed by atoms with van der Waals surface area (Å²) in [6, 6.07) is 1.48. The van der Waals surface area contributed by atoms with Crippen LogP contribution in [0.4, 0.5) is 10.8 Å². The van der Waals surface area contributed by atoms with E-state index in [1.165, 1.54) is 29.8 Å². The van der Waals surface area contributed by atoms with Crippen molar-refractivity contribution in [3.05, 3.63) is 29.5 Å². The van der Waals surface area contributed by atoms with Gasteiger partial charge in [-0.15, -0.1) is 11.3 Å². The third-order valence-corrected chi connectivity index (χ3v) is 4.98. The second kappa shape index (κ2) is 5.58. The first-order chi connectivity index (χ1) is 9.74. The fourth-order valence-electron chi connectivity index (χ4n) is 1.55. The minimum atomic E-state index is -3.80. The summed E-state index contributed by atoms with van der Waals surface area (Å²) in [6.45, 7) is 6.04. The van der Waals surface area contributed by atoms with Crippen LogP contribution in [0, 0.1) is 0 Å². The molecule has 21 heavy (non-hydrogen) atoms. The van der Waals surface area contributed by atoms with E-state index in [2.05, 4.69) is 20.1 Å². The molecule has 0 aliphatic rings. The standard InChI is InChI=1S/C12H17N5O2S2/c1-12(2,3)10-7-20-11(15-10)17-21(18,19)9-6-14-5-4-8(9)16-13/h4-7H,13H2,1-3H3,(H,14,16)(H,15,17). The summed E-state index contributed by atoms with van der Waals surface area (Å²) in [7, 11) is -3.80. The van der Waals surface area contributed by atoms with Gasteiger partial charge in [0, 0.05) is 23.2 Å². The van der Waals surface area contributed by atoms with Gasteiger partial charge < -0.3 is 5.43 Å². The number of anilines is 2. The van der Waals surface area contributed by atoms with Crippen LogP contribution in [0.2, 0.25) is 0 Å². The highest BCUT2D eigenvalue weighted by Crippen LogP contribution is 2.28. The van der Waals surface area contributed by atoms with Gasteiger partial charge in [-0.2, -0.15) is 0 Å². The molecule has 0 unspecified atom stereocenters. The summed E-state index contributed by atoms with van der Waals surface area (Å²) < 4.78 is 27.2. The molecule has 2 aromatic rings. The molecule has 2 rings (SSSR count). The van der Waals surface area contributed by atoms with Crippen molar-refractivity contribution in [1.29, 1.82) is 0 Å². The van der Waals surface area contributed by atoms with Gasteiger partial charge in [0.05, 0.1) is 11.4 Å². The lowest BCUT2D eigenvalue weighted by molar-refractivity contribution is 0.573. The number of nitrogen functional groups attached to an aromatic ring is 1. The SMILES string of the molecule is CC(C)(C)c1csc(NS(=O)(=O)c2cnccc2NN)n1. The van der Waals surface area contributed by atoms with Crippen LogP contribution in [0.15, 0.2) is 28.7 Å². The Hall–Kier alpha value is -1.71. The van der Waals surface area contributed by atoms with E-state index in [1.54, 1.807) is 0 Å². The molecule has 0 radical (unpaired) electrons. The molecule has 4 N–H and O–H groups in total. The van der Waals surface area contributed by atoms with Crippen LogP contribution in [0.3, 0.4) is 0 Å². The first-order valence-corrected chi connectivity index (χ1v) is 8.50. The quantitative estimate of drug-likeness (QED) is 0.584. The summed E-state index contributed by atoms with van der Waals surface area (Å²) in [5.74, 6) is 5.32. The van der Waals surface area contributed by atoms with Gasteiger partial charge in [0.25, 0.3) is 10.0 Å². The van der Waals surface area contributed by atoms with Gasteiger partial charge in [-0.25, -0.2) is 13.4 Å². The molecule has 0 saturated carbocycles. The van der Waals surface area contributed by atoms with Gasteiger partial charge in [0.2, 0.25) is 0 Å². The third kappa shape index (κ3) is 3.49. The molecule has 0 spiro atoms. The second-order valence-electron chi connectivity index (χ2n) is 5.41. The van der Waals surface area contributed by atoms with Crippen molar-refractivity contribution >= 4 is 32.2 Å². The zero-order valence-corrected chi connectivity index (χ0v) is 13.5. The van der Waals surface area contributed by atoms with Crippen LogP contribution in [0.5, 0.6) is 0 Å². The molecule has 2 heterocycles. The maximum atomic E-state index is 12.4. The van der Waals surface area contributed by atoms with Crippen LogP contribution >= 0.6 is 11.3 Å². The van der Waals surface area contributed by atoms with E-state index in [-0.39, 0.29) is 16.0 Å². The van der Waals surface area contributed by atoms with Crippen LogP contribution in [-0.2, 0) is 15.4 Å². The zero-order chi connectivity index (χ0) is 15.7. The number of hydrogen-bond donors (Lipinski definition) is 3. The molecule has 0 fully saturated rings. The van der Waals surface area contributed by atoms with Gasteiger partial charge in [0.15, 0.2) is 5.13 Å². The predicted octanol–water partition coefficient (Wildman–Crippen LogP) is 1.92. The number of thiazole rings is 1.